The zero-order valence-corrected chi connectivity index (χ0v) is 14.1. The molecule has 0 aliphatic heterocycles. The van der Waals surface area contributed by atoms with Gasteiger partial charge in [-0.15, -0.1) is 11.3 Å². The Morgan fingerprint density at radius 3 is 2.70 bits per heavy atom. The lowest BCUT2D eigenvalue weighted by Gasteiger charge is -2.18. The highest BCUT2D eigenvalue weighted by Gasteiger charge is 2.19. The Hall–Kier alpha value is -0.910. The van der Waals surface area contributed by atoms with E-state index in [9.17, 15) is 4.39 Å². The second kappa shape index (κ2) is 6.70. The fraction of sp³-hybridized carbons (Fsp3) is 0.333. The highest BCUT2D eigenvalue weighted by atomic mass is 79.9. The first-order valence-electron chi connectivity index (χ1n) is 6.39. The molecule has 0 radical (unpaired) electrons. The maximum atomic E-state index is 13.6. The summed E-state index contributed by atoms with van der Waals surface area (Å²) >= 11 is 5.33. The molecule has 20 heavy (non-hydrogen) atoms. The molecule has 1 heterocycles. The normalized spacial score (nSPS) is 12.4. The molecule has 0 aliphatic carbocycles. The number of ether oxygens (including phenoxy) is 1. The van der Waals surface area contributed by atoms with E-state index in [1.165, 1.54) is 22.9 Å². The number of thiophene rings is 1. The molecular formula is C15H17BrFNOS. The van der Waals surface area contributed by atoms with Crippen LogP contribution in [0.1, 0.15) is 28.3 Å². The van der Waals surface area contributed by atoms with E-state index in [1.54, 1.807) is 23.5 Å². The van der Waals surface area contributed by atoms with E-state index in [0.29, 0.717) is 0 Å². The summed E-state index contributed by atoms with van der Waals surface area (Å²) in [6.07, 6.45) is 0. The van der Waals surface area contributed by atoms with Crippen LogP contribution in [-0.4, -0.2) is 13.7 Å². The lowest BCUT2D eigenvalue weighted by molar-refractivity contribution is 0.385. The van der Waals surface area contributed by atoms with Crippen LogP contribution in [0.5, 0.6) is 5.75 Å². The van der Waals surface area contributed by atoms with E-state index in [-0.39, 0.29) is 17.6 Å². The average Bonchev–Trinajstić information content (AvgIpc) is 2.75. The van der Waals surface area contributed by atoms with Gasteiger partial charge in [0.15, 0.2) is 11.6 Å². The summed E-state index contributed by atoms with van der Waals surface area (Å²) in [4.78, 5) is 2.43. The minimum Gasteiger partial charge on any atom is -0.494 e. The second-order valence-electron chi connectivity index (χ2n) is 4.45. The van der Waals surface area contributed by atoms with E-state index in [4.69, 9.17) is 4.74 Å². The van der Waals surface area contributed by atoms with Crippen molar-refractivity contribution in [1.29, 1.82) is 0 Å². The van der Waals surface area contributed by atoms with Crippen molar-refractivity contribution in [1.82, 2.24) is 5.32 Å². The van der Waals surface area contributed by atoms with E-state index in [0.717, 1.165) is 16.6 Å². The maximum Gasteiger partial charge on any atom is 0.165 e. The van der Waals surface area contributed by atoms with Gasteiger partial charge in [0.2, 0.25) is 0 Å². The first-order valence-corrected chi connectivity index (χ1v) is 8.00. The molecule has 108 valence electrons. The van der Waals surface area contributed by atoms with Gasteiger partial charge in [-0.05, 0) is 53.2 Å². The van der Waals surface area contributed by atoms with Crippen LogP contribution in [0.3, 0.4) is 0 Å². The molecule has 0 spiro atoms. The summed E-state index contributed by atoms with van der Waals surface area (Å²) in [5, 5.41) is 3.44. The van der Waals surface area contributed by atoms with Crippen molar-refractivity contribution in [2.75, 3.05) is 13.7 Å². The number of methoxy groups -OCH3 is 1. The summed E-state index contributed by atoms with van der Waals surface area (Å²) in [7, 11) is 1.48. The zero-order chi connectivity index (χ0) is 14.7. The molecule has 1 atom stereocenters. The van der Waals surface area contributed by atoms with Crippen molar-refractivity contribution in [2.24, 2.45) is 0 Å². The Labute approximate surface area is 131 Å². The summed E-state index contributed by atoms with van der Waals surface area (Å²) in [5.74, 6) is -0.0669. The third-order valence-corrected chi connectivity index (χ3v) is 5.05. The average molecular weight is 358 g/mol. The van der Waals surface area contributed by atoms with Gasteiger partial charge in [0.05, 0.1) is 13.2 Å². The van der Waals surface area contributed by atoms with Crippen molar-refractivity contribution in [2.45, 2.75) is 19.9 Å². The largest absolute Gasteiger partial charge is 0.494 e. The highest BCUT2D eigenvalue weighted by molar-refractivity contribution is 9.10. The number of hydrogen-bond acceptors (Lipinski definition) is 3. The highest BCUT2D eigenvalue weighted by Crippen LogP contribution is 2.36. The Balaban J connectivity index is 2.45. The molecule has 1 unspecified atom stereocenters. The van der Waals surface area contributed by atoms with Crippen molar-refractivity contribution in [3.8, 4) is 5.75 Å². The summed E-state index contributed by atoms with van der Waals surface area (Å²) < 4.78 is 19.7. The molecular weight excluding hydrogens is 341 g/mol. The number of benzene rings is 1. The zero-order valence-electron chi connectivity index (χ0n) is 11.7. The minimum atomic E-state index is -0.340. The summed E-state index contributed by atoms with van der Waals surface area (Å²) in [5.41, 5.74) is 0.993. The van der Waals surface area contributed by atoms with Crippen LogP contribution in [0.2, 0.25) is 0 Å². The monoisotopic (exact) mass is 357 g/mol. The van der Waals surface area contributed by atoms with Crippen LogP contribution in [0, 0.1) is 12.7 Å². The van der Waals surface area contributed by atoms with E-state index in [1.807, 2.05) is 0 Å². The molecule has 0 amide bonds. The maximum absolute atomic E-state index is 13.6. The van der Waals surface area contributed by atoms with Gasteiger partial charge >= 0.3 is 0 Å². The third kappa shape index (κ3) is 3.22. The third-order valence-electron chi connectivity index (χ3n) is 3.02. The van der Waals surface area contributed by atoms with Gasteiger partial charge in [0.1, 0.15) is 0 Å². The topological polar surface area (TPSA) is 21.3 Å². The molecule has 1 aromatic carbocycles. The quantitative estimate of drug-likeness (QED) is 0.839. The van der Waals surface area contributed by atoms with Gasteiger partial charge in [-0.1, -0.05) is 13.0 Å². The first-order chi connectivity index (χ1) is 9.56. The number of hydrogen-bond donors (Lipinski definition) is 1. The Kier molecular flexibility index (Phi) is 5.18. The second-order valence-corrected chi connectivity index (χ2v) is 6.60. The molecule has 0 bridgehead atoms. The van der Waals surface area contributed by atoms with Crippen LogP contribution in [-0.2, 0) is 0 Å². The van der Waals surface area contributed by atoms with E-state index in [2.05, 4.69) is 41.2 Å². The van der Waals surface area contributed by atoms with Gasteiger partial charge in [0.25, 0.3) is 0 Å². The van der Waals surface area contributed by atoms with Crippen LogP contribution >= 0.6 is 27.3 Å². The van der Waals surface area contributed by atoms with E-state index < -0.39 is 0 Å². The number of rotatable bonds is 5. The molecule has 0 fully saturated rings. The molecule has 1 N–H and O–H groups in total. The van der Waals surface area contributed by atoms with E-state index >= 15 is 0 Å². The minimum absolute atomic E-state index is 0.0302. The Bertz CT molecular complexity index is 600. The molecule has 2 rings (SSSR count). The number of aryl methyl sites for hydroxylation is 1. The van der Waals surface area contributed by atoms with Crippen molar-refractivity contribution in [3.63, 3.8) is 0 Å². The molecule has 0 aliphatic rings. The van der Waals surface area contributed by atoms with Gasteiger partial charge < -0.3 is 10.1 Å². The predicted octanol–water partition coefficient (Wildman–Crippen LogP) is 4.67. The number of nitrogens with one attached hydrogen (secondary N) is 1. The first kappa shape index (κ1) is 15.5. The summed E-state index contributed by atoms with van der Waals surface area (Å²) in [6.45, 7) is 4.96. The Morgan fingerprint density at radius 2 is 2.15 bits per heavy atom. The lowest BCUT2D eigenvalue weighted by Crippen LogP contribution is -2.21. The van der Waals surface area contributed by atoms with Gasteiger partial charge in [0, 0.05) is 14.2 Å². The molecule has 1 aromatic heterocycles. The smallest absolute Gasteiger partial charge is 0.165 e. The van der Waals surface area contributed by atoms with Crippen LogP contribution in [0.4, 0.5) is 4.39 Å². The van der Waals surface area contributed by atoms with Gasteiger partial charge in [-0.3, -0.25) is 0 Å². The molecule has 5 heteroatoms. The molecule has 0 saturated heterocycles. The van der Waals surface area contributed by atoms with Crippen LogP contribution < -0.4 is 10.1 Å². The Morgan fingerprint density at radius 1 is 1.40 bits per heavy atom. The van der Waals surface area contributed by atoms with Crippen LogP contribution in [0.15, 0.2) is 28.7 Å². The fourth-order valence-corrected chi connectivity index (χ4v) is 4.10. The predicted molar refractivity (Wildman–Crippen MR) is 85.2 cm³/mol. The lowest BCUT2D eigenvalue weighted by atomic mass is 10.0. The molecule has 2 nitrogen and oxygen atoms in total. The SMILES string of the molecule is CCNC(c1ccc(F)c(OC)c1)c1sc(C)cc1Br. The standard InChI is InChI=1S/C15H17BrFNOS/c1-4-18-14(15-11(16)7-9(2)20-15)10-5-6-12(17)13(8-10)19-3/h5-8,14,18H,4H2,1-3H3. The van der Waals surface area contributed by atoms with Gasteiger partial charge in [-0.25, -0.2) is 4.39 Å². The number of halogens is 2. The van der Waals surface area contributed by atoms with Crippen molar-refractivity contribution < 1.29 is 9.13 Å². The van der Waals surface area contributed by atoms with Crippen molar-refractivity contribution in [3.05, 3.63) is 49.9 Å². The molecule has 2 aromatic rings. The van der Waals surface area contributed by atoms with Crippen molar-refractivity contribution >= 4 is 27.3 Å². The fourth-order valence-electron chi connectivity index (χ4n) is 2.12. The molecule has 0 saturated carbocycles. The van der Waals surface area contributed by atoms with Gasteiger partial charge in [-0.2, -0.15) is 0 Å². The summed E-state index contributed by atoms with van der Waals surface area (Å²) in [6, 6.07) is 7.14. The van der Waals surface area contributed by atoms with Crippen LogP contribution in [0.25, 0.3) is 0 Å².